The van der Waals surface area contributed by atoms with Gasteiger partial charge in [-0.2, -0.15) is 0 Å². The Balaban J connectivity index is 2.82. The molecule has 1 atom stereocenters. The lowest BCUT2D eigenvalue weighted by Crippen LogP contribution is -2.33. The summed E-state index contributed by atoms with van der Waals surface area (Å²) < 4.78 is 27.6. The maximum Gasteiger partial charge on any atom is 0.241 e. The highest BCUT2D eigenvalue weighted by molar-refractivity contribution is 7.89. The topological polar surface area (TPSA) is 72.2 Å². The van der Waals surface area contributed by atoms with E-state index in [4.69, 9.17) is 17.3 Å². The van der Waals surface area contributed by atoms with Crippen molar-refractivity contribution in [2.45, 2.75) is 57.9 Å². The first-order valence-corrected chi connectivity index (χ1v) is 9.07. The molecule has 0 bridgehead atoms. The van der Waals surface area contributed by atoms with E-state index in [0.717, 1.165) is 19.3 Å². The number of hydrogen-bond acceptors (Lipinski definition) is 3. The van der Waals surface area contributed by atoms with E-state index >= 15 is 0 Å². The number of sulfonamides is 1. The number of anilines is 1. The first-order valence-electron chi connectivity index (χ1n) is 7.21. The van der Waals surface area contributed by atoms with Crippen molar-refractivity contribution in [3.63, 3.8) is 0 Å². The number of nitrogens with one attached hydrogen (secondary N) is 1. The molecule has 4 nitrogen and oxygen atoms in total. The van der Waals surface area contributed by atoms with E-state index in [1.165, 1.54) is 6.07 Å². The normalized spacial score (nSPS) is 13.6. The van der Waals surface area contributed by atoms with Crippen LogP contribution in [0.4, 0.5) is 5.69 Å². The fraction of sp³-hybridized carbons (Fsp3) is 0.600. The van der Waals surface area contributed by atoms with Crippen LogP contribution < -0.4 is 10.5 Å². The van der Waals surface area contributed by atoms with E-state index in [9.17, 15) is 8.42 Å². The number of rotatable bonds is 7. The summed E-state index contributed by atoms with van der Waals surface area (Å²) in [6.07, 6.45) is 2.90. The molecule has 0 fully saturated rings. The Labute approximate surface area is 133 Å². The van der Waals surface area contributed by atoms with Gasteiger partial charge in [-0.1, -0.05) is 38.3 Å². The molecule has 0 aromatic heterocycles. The van der Waals surface area contributed by atoms with Crippen LogP contribution in [0.3, 0.4) is 0 Å². The minimum atomic E-state index is -3.60. The lowest BCUT2D eigenvalue weighted by molar-refractivity contribution is 0.488. The lowest BCUT2D eigenvalue weighted by Gasteiger charge is -2.17. The molecule has 0 aliphatic rings. The molecule has 1 unspecified atom stereocenters. The Morgan fingerprint density at radius 2 is 1.86 bits per heavy atom. The van der Waals surface area contributed by atoms with Crippen LogP contribution in [0.2, 0.25) is 5.02 Å². The molecular formula is C15H25ClN2O2S. The molecule has 0 saturated carbocycles. The average Bonchev–Trinajstić information content (AvgIpc) is 2.32. The standard InChI is InChI=1S/C15H25ClN2O2S/c1-10(2)6-5-7-11(3)18-21(19,20)15-9-13(16)8-14(17)12(15)4/h8-11,18H,5-7,17H2,1-4H3. The van der Waals surface area contributed by atoms with Gasteiger partial charge in [-0.25, -0.2) is 13.1 Å². The summed E-state index contributed by atoms with van der Waals surface area (Å²) in [6.45, 7) is 7.88. The summed E-state index contributed by atoms with van der Waals surface area (Å²) in [5.41, 5.74) is 6.70. The molecule has 3 N–H and O–H groups in total. The van der Waals surface area contributed by atoms with Crippen LogP contribution in [0.15, 0.2) is 17.0 Å². The van der Waals surface area contributed by atoms with E-state index in [2.05, 4.69) is 18.6 Å². The second-order valence-corrected chi connectivity index (χ2v) is 8.08. The fourth-order valence-corrected chi connectivity index (χ4v) is 4.04. The predicted molar refractivity (Wildman–Crippen MR) is 89.1 cm³/mol. The highest BCUT2D eigenvalue weighted by Gasteiger charge is 2.21. The largest absolute Gasteiger partial charge is 0.398 e. The van der Waals surface area contributed by atoms with Crippen LogP contribution in [-0.2, 0) is 10.0 Å². The van der Waals surface area contributed by atoms with Crippen molar-refractivity contribution in [3.8, 4) is 0 Å². The first kappa shape index (κ1) is 18.3. The van der Waals surface area contributed by atoms with Gasteiger partial charge < -0.3 is 5.73 Å². The number of nitrogen functional groups attached to an aromatic ring is 1. The smallest absolute Gasteiger partial charge is 0.241 e. The number of nitrogens with two attached hydrogens (primary N) is 1. The molecule has 120 valence electrons. The van der Waals surface area contributed by atoms with E-state index < -0.39 is 10.0 Å². The Morgan fingerprint density at radius 1 is 1.24 bits per heavy atom. The van der Waals surface area contributed by atoms with Gasteiger partial charge in [0.2, 0.25) is 10.0 Å². The Morgan fingerprint density at radius 3 is 2.43 bits per heavy atom. The first-order chi connectivity index (χ1) is 9.63. The van der Waals surface area contributed by atoms with Crippen molar-refractivity contribution in [3.05, 3.63) is 22.7 Å². The van der Waals surface area contributed by atoms with Crippen molar-refractivity contribution < 1.29 is 8.42 Å². The van der Waals surface area contributed by atoms with E-state index in [1.807, 2.05) is 6.92 Å². The summed E-state index contributed by atoms with van der Waals surface area (Å²) in [5.74, 6) is 0.628. The van der Waals surface area contributed by atoms with Crippen LogP contribution >= 0.6 is 11.6 Å². The zero-order valence-corrected chi connectivity index (χ0v) is 14.7. The van der Waals surface area contributed by atoms with Gasteiger partial charge in [0.15, 0.2) is 0 Å². The van der Waals surface area contributed by atoms with Gasteiger partial charge in [0.25, 0.3) is 0 Å². The third-order valence-corrected chi connectivity index (χ3v) is 5.36. The Kier molecular flexibility index (Phi) is 6.50. The molecule has 1 rings (SSSR count). The molecule has 0 aliphatic heterocycles. The van der Waals surface area contributed by atoms with Crippen molar-refractivity contribution in [1.29, 1.82) is 0 Å². The maximum absolute atomic E-state index is 12.4. The lowest BCUT2D eigenvalue weighted by atomic mass is 10.0. The van der Waals surface area contributed by atoms with Gasteiger partial charge in [-0.15, -0.1) is 0 Å². The molecule has 6 heteroatoms. The van der Waals surface area contributed by atoms with Gasteiger partial charge in [-0.05, 0) is 43.9 Å². The van der Waals surface area contributed by atoms with Crippen LogP contribution in [-0.4, -0.2) is 14.5 Å². The molecule has 0 spiro atoms. The number of halogens is 1. The van der Waals surface area contributed by atoms with Gasteiger partial charge in [-0.3, -0.25) is 0 Å². The molecule has 0 heterocycles. The van der Waals surface area contributed by atoms with Crippen LogP contribution in [0.5, 0.6) is 0 Å². The monoisotopic (exact) mass is 332 g/mol. The molecule has 0 aliphatic carbocycles. The predicted octanol–water partition coefficient (Wildman–Crippen LogP) is 3.72. The molecular weight excluding hydrogens is 308 g/mol. The van der Waals surface area contributed by atoms with Gasteiger partial charge in [0, 0.05) is 16.8 Å². The minimum absolute atomic E-state index is 0.117. The Hall–Kier alpha value is -0.780. The highest BCUT2D eigenvalue weighted by atomic mass is 35.5. The quantitative estimate of drug-likeness (QED) is 0.747. The SMILES string of the molecule is Cc1c(N)cc(Cl)cc1S(=O)(=O)NC(C)CCCC(C)C. The Bertz CT molecular complexity index is 586. The van der Waals surface area contributed by atoms with E-state index in [-0.39, 0.29) is 10.9 Å². The average molecular weight is 333 g/mol. The molecule has 0 radical (unpaired) electrons. The fourth-order valence-electron chi connectivity index (χ4n) is 2.17. The number of benzene rings is 1. The van der Waals surface area contributed by atoms with Gasteiger partial charge >= 0.3 is 0 Å². The van der Waals surface area contributed by atoms with Crippen molar-refractivity contribution >= 4 is 27.3 Å². The van der Waals surface area contributed by atoms with Crippen LogP contribution in [0, 0.1) is 12.8 Å². The third-order valence-electron chi connectivity index (χ3n) is 3.43. The van der Waals surface area contributed by atoms with Crippen LogP contribution in [0.1, 0.15) is 45.6 Å². The second-order valence-electron chi connectivity index (χ2n) is 5.97. The second kappa shape index (κ2) is 7.47. The maximum atomic E-state index is 12.4. The molecule has 21 heavy (non-hydrogen) atoms. The van der Waals surface area contributed by atoms with Crippen molar-refractivity contribution in [2.75, 3.05) is 5.73 Å². The summed E-state index contributed by atoms with van der Waals surface area (Å²) in [6, 6.07) is 2.88. The number of hydrogen-bond donors (Lipinski definition) is 2. The van der Waals surface area contributed by atoms with Gasteiger partial charge in [0.1, 0.15) is 0 Å². The third kappa shape index (κ3) is 5.49. The van der Waals surface area contributed by atoms with Gasteiger partial charge in [0.05, 0.1) is 4.90 Å². The molecule has 0 saturated heterocycles. The molecule has 1 aromatic rings. The van der Waals surface area contributed by atoms with E-state index in [1.54, 1.807) is 13.0 Å². The summed E-state index contributed by atoms with van der Waals surface area (Å²) in [4.78, 5) is 0.156. The van der Waals surface area contributed by atoms with Crippen LogP contribution in [0.25, 0.3) is 0 Å². The zero-order chi connectivity index (χ0) is 16.2. The highest BCUT2D eigenvalue weighted by Crippen LogP contribution is 2.26. The summed E-state index contributed by atoms with van der Waals surface area (Å²) >= 11 is 5.91. The van der Waals surface area contributed by atoms with Crippen molar-refractivity contribution in [1.82, 2.24) is 4.72 Å². The summed E-state index contributed by atoms with van der Waals surface area (Å²) in [7, 11) is -3.60. The summed E-state index contributed by atoms with van der Waals surface area (Å²) in [5, 5.41) is 0.325. The van der Waals surface area contributed by atoms with Crippen molar-refractivity contribution in [2.24, 2.45) is 5.92 Å². The molecule has 1 aromatic carbocycles. The zero-order valence-electron chi connectivity index (χ0n) is 13.1. The molecule has 0 amide bonds. The van der Waals surface area contributed by atoms with E-state index in [0.29, 0.717) is 22.2 Å². The minimum Gasteiger partial charge on any atom is -0.398 e.